The lowest BCUT2D eigenvalue weighted by atomic mass is 10.3. The van der Waals surface area contributed by atoms with E-state index in [0.29, 0.717) is 38.2 Å². The Morgan fingerprint density at radius 1 is 1.15 bits per heavy atom. The summed E-state index contributed by atoms with van der Waals surface area (Å²) < 4.78 is 16.2. The molecule has 1 heterocycles. The molecule has 1 aromatic heterocycles. The second-order valence-corrected chi connectivity index (χ2v) is 5.72. The topological polar surface area (TPSA) is 91.0 Å². The first-order valence-electron chi connectivity index (χ1n) is 8.48. The van der Waals surface area contributed by atoms with Crippen LogP contribution >= 0.6 is 0 Å². The molecule has 1 atom stereocenters. The first-order valence-corrected chi connectivity index (χ1v) is 8.48. The number of methoxy groups -OCH3 is 1. The summed E-state index contributed by atoms with van der Waals surface area (Å²) in [5.74, 6) is 1.76. The molecule has 0 spiro atoms. The van der Waals surface area contributed by atoms with E-state index >= 15 is 0 Å². The predicted octanol–water partition coefficient (Wildman–Crippen LogP) is 1.98. The van der Waals surface area contributed by atoms with Crippen LogP contribution in [0.4, 0.5) is 0 Å². The van der Waals surface area contributed by atoms with Gasteiger partial charge in [-0.1, -0.05) is 24.3 Å². The van der Waals surface area contributed by atoms with Crippen molar-refractivity contribution in [1.29, 1.82) is 0 Å². The number of rotatable bonds is 10. The van der Waals surface area contributed by atoms with Gasteiger partial charge >= 0.3 is 0 Å². The van der Waals surface area contributed by atoms with Crippen LogP contribution in [0.2, 0.25) is 0 Å². The molecule has 1 aromatic carbocycles. The summed E-state index contributed by atoms with van der Waals surface area (Å²) in [4.78, 5) is 8.55. The summed E-state index contributed by atoms with van der Waals surface area (Å²) in [6, 6.07) is 13.5. The van der Waals surface area contributed by atoms with Crippen molar-refractivity contribution in [3.8, 4) is 11.6 Å². The number of benzene rings is 1. The maximum atomic E-state index is 5.84. The van der Waals surface area contributed by atoms with Crippen LogP contribution in [-0.4, -0.2) is 43.9 Å². The maximum absolute atomic E-state index is 5.84. The Balaban J connectivity index is 1.70. The van der Waals surface area contributed by atoms with Gasteiger partial charge in [-0.05, 0) is 24.6 Å². The molecule has 2 aromatic rings. The first-order chi connectivity index (χ1) is 12.7. The van der Waals surface area contributed by atoms with Crippen LogP contribution in [0.15, 0.2) is 53.7 Å². The quantitative estimate of drug-likeness (QED) is 0.383. The van der Waals surface area contributed by atoms with Gasteiger partial charge in [0.05, 0.1) is 13.2 Å². The smallest absolute Gasteiger partial charge is 0.213 e. The van der Waals surface area contributed by atoms with Gasteiger partial charge in [-0.3, -0.25) is 0 Å². The van der Waals surface area contributed by atoms with E-state index in [2.05, 4.69) is 15.3 Å². The van der Waals surface area contributed by atoms with Crippen molar-refractivity contribution < 1.29 is 14.2 Å². The number of para-hydroxylation sites is 1. The molecule has 2 rings (SSSR count). The zero-order valence-corrected chi connectivity index (χ0v) is 15.2. The number of pyridine rings is 1. The fourth-order valence-corrected chi connectivity index (χ4v) is 2.18. The average Bonchev–Trinajstić information content (AvgIpc) is 2.65. The largest absolute Gasteiger partial charge is 0.490 e. The van der Waals surface area contributed by atoms with E-state index in [1.54, 1.807) is 13.3 Å². The molecule has 7 heteroatoms. The summed E-state index contributed by atoms with van der Waals surface area (Å²) in [5, 5.41) is 3.05. The third-order valence-electron chi connectivity index (χ3n) is 3.39. The Hall–Kier alpha value is -2.80. The van der Waals surface area contributed by atoms with E-state index in [-0.39, 0.29) is 6.04 Å². The second kappa shape index (κ2) is 10.9. The molecule has 0 saturated carbocycles. The summed E-state index contributed by atoms with van der Waals surface area (Å²) >= 11 is 0. The minimum Gasteiger partial charge on any atom is -0.490 e. The molecular formula is C19H26N4O3. The number of aromatic nitrogens is 1. The van der Waals surface area contributed by atoms with Crippen molar-refractivity contribution in [2.24, 2.45) is 10.7 Å². The van der Waals surface area contributed by atoms with Gasteiger partial charge in [0.2, 0.25) is 5.88 Å². The molecule has 26 heavy (non-hydrogen) atoms. The first kappa shape index (κ1) is 19.5. The Morgan fingerprint density at radius 3 is 2.62 bits per heavy atom. The normalized spacial score (nSPS) is 12.5. The second-order valence-electron chi connectivity index (χ2n) is 5.72. The lowest BCUT2D eigenvalue weighted by Gasteiger charge is -2.13. The average molecular weight is 358 g/mol. The van der Waals surface area contributed by atoms with Gasteiger partial charge in [-0.2, -0.15) is 0 Å². The number of ether oxygens (including phenoxy) is 3. The Bertz CT molecular complexity index is 662. The van der Waals surface area contributed by atoms with Gasteiger partial charge in [0, 0.05) is 25.4 Å². The number of hydrogen-bond donors (Lipinski definition) is 2. The highest BCUT2D eigenvalue weighted by Gasteiger charge is 2.02. The van der Waals surface area contributed by atoms with Crippen LogP contribution in [0.1, 0.15) is 12.5 Å². The highest BCUT2D eigenvalue weighted by Crippen LogP contribution is 2.10. The number of nitrogens with one attached hydrogen (secondary N) is 1. The van der Waals surface area contributed by atoms with Crippen LogP contribution in [-0.2, 0) is 11.3 Å². The molecule has 0 amide bonds. The molecule has 3 N–H and O–H groups in total. The van der Waals surface area contributed by atoms with Crippen molar-refractivity contribution in [3.05, 3.63) is 54.2 Å². The van der Waals surface area contributed by atoms with E-state index in [1.807, 2.05) is 49.4 Å². The van der Waals surface area contributed by atoms with Crippen molar-refractivity contribution in [3.63, 3.8) is 0 Å². The standard InChI is InChI=1S/C19H26N4O3/c1-15(14-24-2)23-19(20)22-13-16-8-9-18(21-12-16)26-11-10-25-17-6-4-3-5-7-17/h3-9,12,15H,10-11,13-14H2,1-2H3,(H3,20,22,23). The Kier molecular flexibility index (Phi) is 8.21. The van der Waals surface area contributed by atoms with Crippen LogP contribution in [0.25, 0.3) is 0 Å². The number of nitrogens with zero attached hydrogens (tertiary/aromatic N) is 2. The zero-order valence-electron chi connectivity index (χ0n) is 15.2. The van der Waals surface area contributed by atoms with Crippen LogP contribution in [0.5, 0.6) is 11.6 Å². The lowest BCUT2D eigenvalue weighted by Crippen LogP contribution is -2.40. The minimum absolute atomic E-state index is 0.107. The number of aliphatic imine (C=N–C) groups is 1. The molecule has 0 bridgehead atoms. The molecule has 0 aliphatic rings. The monoisotopic (exact) mass is 358 g/mol. The summed E-state index contributed by atoms with van der Waals surface area (Å²) in [6.07, 6.45) is 1.72. The summed E-state index contributed by atoms with van der Waals surface area (Å²) in [6.45, 7) is 3.87. The molecule has 140 valence electrons. The molecule has 7 nitrogen and oxygen atoms in total. The highest BCUT2D eigenvalue weighted by molar-refractivity contribution is 5.78. The summed E-state index contributed by atoms with van der Waals surface area (Å²) in [7, 11) is 1.65. The number of guanidine groups is 1. The van der Waals surface area contributed by atoms with Gasteiger partial charge < -0.3 is 25.3 Å². The fraction of sp³-hybridized carbons (Fsp3) is 0.368. The Labute approximate surface area is 154 Å². The molecular weight excluding hydrogens is 332 g/mol. The highest BCUT2D eigenvalue weighted by atomic mass is 16.5. The minimum atomic E-state index is 0.107. The molecule has 0 radical (unpaired) electrons. The third-order valence-corrected chi connectivity index (χ3v) is 3.39. The van der Waals surface area contributed by atoms with Gasteiger partial charge in [0.1, 0.15) is 19.0 Å². The van der Waals surface area contributed by atoms with Crippen LogP contribution < -0.4 is 20.5 Å². The number of nitrogens with two attached hydrogens (primary N) is 1. The zero-order chi connectivity index (χ0) is 18.6. The number of hydrogen-bond acceptors (Lipinski definition) is 5. The molecule has 0 fully saturated rings. The van der Waals surface area contributed by atoms with Crippen molar-refractivity contribution in [1.82, 2.24) is 10.3 Å². The van der Waals surface area contributed by atoms with Crippen LogP contribution in [0, 0.1) is 0 Å². The van der Waals surface area contributed by atoms with E-state index in [4.69, 9.17) is 19.9 Å². The van der Waals surface area contributed by atoms with Gasteiger partial charge in [-0.25, -0.2) is 9.98 Å². The molecule has 1 unspecified atom stereocenters. The van der Waals surface area contributed by atoms with Crippen molar-refractivity contribution in [2.45, 2.75) is 19.5 Å². The van der Waals surface area contributed by atoms with E-state index in [1.165, 1.54) is 0 Å². The Morgan fingerprint density at radius 2 is 1.92 bits per heavy atom. The predicted molar refractivity (Wildman–Crippen MR) is 101 cm³/mol. The molecule has 0 saturated heterocycles. The SMILES string of the molecule is COCC(C)NC(N)=NCc1ccc(OCCOc2ccccc2)nc1. The van der Waals surface area contributed by atoms with Gasteiger partial charge in [-0.15, -0.1) is 0 Å². The van der Waals surface area contributed by atoms with Crippen molar-refractivity contribution >= 4 is 5.96 Å². The lowest BCUT2D eigenvalue weighted by molar-refractivity contribution is 0.179. The fourth-order valence-electron chi connectivity index (χ4n) is 2.18. The van der Waals surface area contributed by atoms with Gasteiger partial charge in [0.25, 0.3) is 0 Å². The van der Waals surface area contributed by atoms with E-state index < -0.39 is 0 Å². The van der Waals surface area contributed by atoms with E-state index in [0.717, 1.165) is 11.3 Å². The molecule has 0 aliphatic heterocycles. The third kappa shape index (κ3) is 7.40. The summed E-state index contributed by atoms with van der Waals surface area (Å²) in [5.41, 5.74) is 6.78. The molecule has 0 aliphatic carbocycles. The van der Waals surface area contributed by atoms with Gasteiger partial charge in [0.15, 0.2) is 5.96 Å². The van der Waals surface area contributed by atoms with Crippen LogP contribution in [0.3, 0.4) is 0 Å². The van der Waals surface area contributed by atoms with Crippen molar-refractivity contribution in [2.75, 3.05) is 26.9 Å². The van der Waals surface area contributed by atoms with E-state index in [9.17, 15) is 0 Å². The maximum Gasteiger partial charge on any atom is 0.213 e.